The SMILES string of the molecule is CC(C#N)CN1C(=O)CCCC1=O. The zero-order chi connectivity index (χ0) is 9.84. The average molecular weight is 180 g/mol. The lowest BCUT2D eigenvalue weighted by atomic mass is 10.1. The van der Waals surface area contributed by atoms with E-state index < -0.39 is 0 Å². The summed E-state index contributed by atoms with van der Waals surface area (Å²) < 4.78 is 0. The van der Waals surface area contributed by atoms with Gasteiger partial charge in [0.05, 0.1) is 12.0 Å². The first-order valence-electron chi connectivity index (χ1n) is 4.38. The average Bonchev–Trinajstić information content (AvgIpc) is 2.11. The van der Waals surface area contributed by atoms with Gasteiger partial charge < -0.3 is 0 Å². The van der Waals surface area contributed by atoms with Crippen molar-refractivity contribution >= 4 is 11.8 Å². The normalized spacial score (nSPS) is 19.8. The first kappa shape index (κ1) is 9.72. The number of amides is 2. The largest absolute Gasteiger partial charge is 0.281 e. The molecule has 0 N–H and O–H groups in total. The summed E-state index contributed by atoms with van der Waals surface area (Å²) >= 11 is 0. The smallest absolute Gasteiger partial charge is 0.229 e. The van der Waals surface area contributed by atoms with E-state index in [9.17, 15) is 9.59 Å². The van der Waals surface area contributed by atoms with Gasteiger partial charge in [0.2, 0.25) is 11.8 Å². The van der Waals surface area contributed by atoms with Crippen LogP contribution in [0.4, 0.5) is 0 Å². The maximum atomic E-state index is 11.3. The fourth-order valence-corrected chi connectivity index (χ4v) is 1.32. The lowest BCUT2D eigenvalue weighted by Crippen LogP contribution is -2.42. The first-order chi connectivity index (χ1) is 6.15. The molecule has 0 saturated carbocycles. The Kier molecular flexibility index (Phi) is 3.02. The number of carbonyl (C=O) groups excluding carboxylic acids is 2. The molecule has 0 aromatic carbocycles. The highest BCUT2D eigenvalue weighted by molar-refractivity contribution is 5.97. The molecule has 0 radical (unpaired) electrons. The van der Waals surface area contributed by atoms with E-state index in [1.807, 2.05) is 6.07 Å². The van der Waals surface area contributed by atoms with Crippen molar-refractivity contribution in [1.29, 1.82) is 5.26 Å². The maximum Gasteiger partial charge on any atom is 0.229 e. The molecule has 1 saturated heterocycles. The van der Waals surface area contributed by atoms with E-state index in [1.165, 1.54) is 4.90 Å². The molecular formula is C9H12N2O2. The lowest BCUT2D eigenvalue weighted by Gasteiger charge is -2.25. The molecule has 0 bridgehead atoms. The summed E-state index contributed by atoms with van der Waals surface area (Å²) in [5.41, 5.74) is 0. The second-order valence-electron chi connectivity index (χ2n) is 3.28. The van der Waals surface area contributed by atoms with Crippen LogP contribution in [0.15, 0.2) is 0 Å². The Bertz CT molecular complexity index is 251. The number of piperidine rings is 1. The zero-order valence-corrected chi connectivity index (χ0v) is 7.62. The van der Waals surface area contributed by atoms with Crippen molar-refractivity contribution in [2.24, 2.45) is 5.92 Å². The van der Waals surface area contributed by atoms with Gasteiger partial charge in [-0.3, -0.25) is 14.5 Å². The molecule has 2 amide bonds. The van der Waals surface area contributed by atoms with Gasteiger partial charge in [-0.05, 0) is 13.3 Å². The quantitative estimate of drug-likeness (QED) is 0.587. The third-order valence-corrected chi connectivity index (χ3v) is 2.06. The number of nitriles is 1. The van der Waals surface area contributed by atoms with Crippen LogP contribution in [0.3, 0.4) is 0 Å². The van der Waals surface area contributed by atoms with Crippen molar-refractivity contribution in [3.05, 3.63) is 0 Å². The molecule has 1 aliphatic rings. The minimum Gasteiger partial charge on any atom is -0.281 e. The molecule has 4 nitrogen and oxygen atoms in total. The fourth-order valence-electron chi connectivity index (χ4n) is 1.32. The highest BCUT2D eigenvalue weighted by Gasteiger charge is 2.26. The topological polar surface area (TPSA) is 61.2 Å². The summed E-state index contributed by atoms with van der Waals surface area (Å²) in [6.45, 7) is 1.95. The molecule has 1 atom stereocenters. The Hall–Kier alpha value is -1.37. The summed E-state index contributed by atoms with van der Waals surface area (Å²) in [5, 5.41) is 8.54. The van der Waals surface area contributed by atoms with Gasteiger partial charge in [0.25, 0.3) is 0 Å². The molecule has 1 unspecified atom stereocenters. The second-order valence-corrected chi connectivity index (χ2v) is 3.28. The van der Waals surface area contributed by atoms with Gasteiger partial charge in [-0.15, -0.1) is 0 Å². The van der Waals surface area contributed by atoms with E-state index in [2.05, 4.69) is 0 Å². The molecule has 0 aromatic heterocycles. The van der Waals surface area contributed by atoms with Crippen LogP contribution in [0.2, 0.25) is 0 Å². The van der Waals surface area contributed by atoms with Crippen molar-refractivity contribution in [3.63, 3.8) is 0 Å². The number of carbonyl (C=O) groups is 2. The molecule has 0 aliphatic carbocycles. The summed E-state index contributed by atoms with van der Waals surface area (Å²) in [4.78, 5) is 23.7. The van der Waals surface area contributed by atoms with Crippen molar-refractivity contribution < 1.29 is 9.59 Å². The zero-order valence-electron chi connectivity index (χ0n) is 7.62. The Balaban J connectivity index is 2.60. The second kappa shape index (κ2) is 4.04. The summed E-state index contributed by atoms with van der Waals surface area (Å²) in [7, 11) is 0. The molecule has 1 rings (SSSR count). The number of imide groups is 1. The van der Waals surface area contributed by atoms with Crippen molar-refractivity contribution in [2.75, 3.05) is 6.54 Å². The number of hydrogen-bond acceptors (Lipinski definition) is 3. The standard InChI is InChI=1S/C9H12N2O2/c1-7(5-10)6-11-8(12)3-2-4-9(11)13/h7H,2-4,6H2,1H3. The van der Waals surface area contributed by atoms with Gasteiger partial charge in [-0.2, -0.15) is 5.26 Å². The van der Waals surface area contributed by atoms with Gasteiger partial charge in [-0.1, -0.05) is 0 Å². The molecule has 1 heterocycles. The number of nitrogens with zero attached hydrogens (tertiary/aromatic N) is 2. The van der Waals surface area contributed by atoms with Gasteiger partial charge in [0, 0.05) is 19.4 Å². The van der Waals surface area contributed by atoms with Gasteiger partial charge in [0.15, 0.2) is 0 Å². The van der Waals surface area contributed by atoms with Gasteiger partial charge >= 0.3 is 0 Å². The summed E-state index contributed by atoms with van der Waals surface area (Å²) in [5.74, 6) is -0.553. The van der Waals surface area contributed by atoms with Crippen LogP contribution in [0, 0.1) is 17.2 Å². The van der Waals surface area contributed by atoms with E-state index >= 15 is 0 Å². The fraction of sp³-hybridized carbons (Fsp3) is 0.667. The highest BCUT2D eigenvalue weighted by atomic mass is 16.2. The Labute approximate surface area is 77.1 Å². The molecule has 13 heavy (non-hydrogen) atoms. The minimum atomic E-state index is -0.272. The number of rotatable bonds is 2. The molecule has 1 aliphatic heterocycles. The molecule has 0 aromatic rings. The Morgan fingerprint density at radius 3 is 2.46 bits per heavy atom. The Morgan fingerprint density at radius 1 is 1.46 bits per heavy atom. The molecule has 0 spiro atoms. The van der Waals surface area contributed by atoms with Crippen LogP contribution in [0.1, 0.15) is 26.2 Å². The van der Waals surface area contributed by atoms with Crippen molar-refractivity contribution in [2.45, 2.75) is 26.2 Å². The van der Waals surface area contributed by atoms with E-state index in [4.69, 9.17) is 5.26 Å². The van der Waals surface area contributed by atoms with Gasteiger partial charge in [-0.25, -0.2) is 0 Å². The maximum absolute atomic E-state index is 11.3. The molecular weight excluding hydrogens is 168 g/mol. The van der Waals surface area contributed by atoms with E-state index in [-0.39, 0.29) is 24.3 Å². The van der Waals surface area contributed by atoms with Crippen LogP contribution >= 0.6 is 0 Å². The highest BCUT2D eigenvalue weighted by Crippen LogP contribution is 2.13. The minimum absolute atomic E-state index is 0.140. The van der Waals surface area contributed by atoms with Crippen molar-refractivity contribution in [1.82, 2.24) is 4.90 Å². The molecule has 1 fully saturated rings. The Morgan fingerprint density at radius 2 is 2.00 bits per heavy atom. The van der Waals surface area contributed by atoms with E-state index in [1.54, 1.807) is 6.92 Å². The van der Waals surface area contributed by atoms with Crippen LogP contribution in [-0.4, -0.2) is 23.3 Å². The van der Waals surface area contributed by atoms with Crippen LogP contribution in [0.25, 0.3) is 0 Å². The summed E-state index contributed by atoms with van der Waals surface area (Å²) in [6, 6.07) is 2.01. The van der Waals surface area contributed by atoms with Crippen molar-refractivity contribution in [3.8, 4) is 6.07 Å². The summed E-state index contributed by atoms with van der Waals surface area (Å²) in [6.07, 6.45) is 1.52. The van der Waals surface area contributed by atoms with E-state index in [0.717, 1.165) is 0 Å². The number of likely N-dealkylation sites (tertiary alicyclic amines) is 1. The van der Waals surface area contributed by atoms with E-state index in [0.29, 0.717) is 19.3 Å². The predicted molar refractivity (Wildman–Crippen MR) is 45.3 cm³/mol. The first-order valence-corrected chi connectivity index (χ1v) is 4.38. The van der Waals surface area contributed by atoms with Gasteiger partial charge in [0.1, 0.15) is 0 Å². The monoisotopic (exact) mass is 180 g/mol. The third-order valence-electron chi connectivity index (χ3n) is 2.06. The lowest BCUT2D eigenvalue weighted by molar-refractivity contribution is -0.148. The number of hydrogen-bond donors (Lipinski definition) is 0. The van der Waals surface area contributed by atoms with Crippen LogP contribution < -0.4 is 0 Å². The predicted octanol–water partition coefficient (Wildman–Crippen LogP) is 0.685. The molecule has 70 valence electrons. The van der Waals surface area contributed by atoms with Crippen LogP contribution in [-0.2, 0) is 9.59 Å². The van der Waals surface area contributed by atoms with Crippen LogP contribution in [0.5, 0.6) is 0 Å². The molecule has 4 heteroatoms. The third kappa shape index (κ3) is 2.28.